The zero-order valence-electron chi connectivity index (χ0n) is 20.2. The van der Waals surface area contributed by atoms with Crippen molar-refractivity contribution in [1.29, 1.82) is 0 Å². The summed E-state index contributed by atoms with van der Waals surface area (Å²) in [5.41, 5.74) is 0.198. The van der Waals surface area contributed by atoms with E-state index in [1.165, 1.54) is 6.07 Å². The number of halogens is 1. The normalized spacial score (nSPS) is 22.9. The van der Waals surface area contributed by atoms with Gasteiger partial charge in [-0.2, -0.15) is 0 Å². The van der Waals surface area contributed by atoms with Crippen LogP contribution in [0.3, 0.4) is 0 Å². The fraction of sp³-hybridized carbons (Fsp3) is 0.520. The maximum Gasteiger partial charge on any atom is 0.325 e. The van der Waals surface area contributed by atoms with Crippen LogP contribution in [0.4, 0.5) is 9.18 Å². The molecule has 1 saturated heterocycles. The molecule has 0 atom stereocenters. The van der Waals surface area contributed by atoms with Gasteiger partial charge in [-0.25, -0.2) is 14.2 Å². The van der Waals surface area contributed by atoms with Crippen LogP contribution in [0.25, 0.3) is 5.69 Å². The van der Waals surface area contributed by atoms with Crippen LogP contribution >= 0.6 is 0 Å². The van der Waals surface area contributed by atoms with Crippen LogP contribution in [-0.2, 0) is 16.1 Å². The van der Waals surface area contributed by atoms with Gasteiger partial charge >= 0.3 is 6.03 Å². The van der Waals surface area contributed by atoms with E-state index < -0.39 is 23.3 Å². The number of aryl methyl sites for hydroxylation is 1. The Hall–Kier alpha value is -3.23. The van der Waals surface area contributed by atoms with Crippen molar-refractivity contribution in [3.63, 3.8) is 0 Å². The average molecular weight is 470 g/mol. The van der Waals surface area contributed by atoms with Gasteiger partial charge in [-0.05, 0) is 61.6 Å². The molecule has 182 valence electrons. The van der Waals surface area contributed by atoms with Crippen molar-refractivity contribution < 1.29 is 18.8 Å². The summed E-state index contributed by atoms with van der Waals surface area (Å²) in [6.45, 7) is 8.09. The van der Waals surface area contributed by atoms with Gasteiger partial charge in [0, 0.05) is 18.9 Å². The molecule has 1 aromatic carbocycles. The summed E-state index contributed by atoms with van der Waals surface area (Å²) in [4.78, 5) is 43.2. The second-order valence-electron chi connectivity index (χ2n) is 10.5. The lowest BCUT2D eigenvalue weighted by Gasteiger charge is -2.40. The van der Waals surface area contributed by atoms with Gasteiger partial charge in [0.15, 0.2) is 0 Å². The summed E-state index contributed by atoms with van der Waals surface area (Å²) in [6, 6.07) is 4.17. The van der Waals surface area contributed by atoms with Crippen LogP contribution in [0.15, 0.2) is 30.6 Å². The number of carbonyl (C=O) groups excluding carboxylic acids is 3. The largest absolute Gasteiger partial charge is 0.350 e. The molecule has 1 aliphatic heterocycles. The molecule has 1 aliphatic carbocycles. The quantitative estimate of drug-likeness (QED) is 0.656. The van der Waals surface area contributed by atoms with E-state index in [-0.39, 0.29) is 24.4 Å². The van der Waals surface area contributed by atoms with E-state index in [9.17, 15) is 18.8 Å². The summed E-state index contributed by atoms with van der Waals surface area (Å²) in [5, 5.41) is 5.53. The summed E-state index contributed by atoms with van der Waals surface area (Å²) < 4.78 is 16.2. The third-order valence-corrected chi connectivity index (χ3v) is 7.20. The summed E-state index contributed by atoms with van der Waals surface area (Å²) in [7, 11) is 0. The number of aromatic nitrogens is 2. The molecule has 2 N–H and O–H groups in total. The van der Waals surface area contributed by atoms with Crippen molar-refractivity contribution in [3.8, 4) is 5.69 Å². The second-order valence-corrected chi connectivity index (χ2v) is 10.5. The number of nitrogens with zero attached hydrogens (tertiary/aromatic N) is 3. The second kappa shape index (κ2) is 8.85. The van der Waals surface area contributed by atoms with Gasteiger partial charge in [0.1, 0.15) is 23.7 Å². The lowest BCUT2D eigenvalue weighted by Crippen LogP contribution is -2.51. The van der Waals surface area contributed by atoms with Crippen LogP contribution in [0, 0.1) is 24.1 Å². The fourth-order valence-corrected chi connectivity index (χ4v) is 5.02. The SMILES string of the molecule is Cc1nccn1-c1ccc(CNC(=O)CN2C(=O)NC3(CCC(C(C)(C)C)CC3)C2=O)cc1F. The van der Waals surface area contributed by atoms with Gasteiger partial charge < -0.3 is 15.2 Å². The van der Waals surface area contributed by atoms with Gasteiger partial charge in [0.05, 0.1) is 5.69 Å². The first-order chi connectivity index (χ1) is 16.0. The highest BCUT2D eigenvalue weighted by Crippen LogP contribution is 2.43. The van der Waals surface area contributed by atoms with Gasteiger partial charge in [-0.1, -0.05) is 26.8 Å². The first kappa shape index (κ1) is 23.9. The number of rotatable bonds is 5. The number of hydrogen-bond donors (Lipinski definition) is 2. The van der Waals surface area contributed by atoms with Gasteiger partial charge in [-0.3, -0.25) is 14.5 Å². The molecule has 0 radical (unpaired) electrons. The summed E-state index contributed by atoms with van der Waals surface area (Å²) >= 11 is 0. The van der Waals surface area contributed by atoms with E-state index in [1.54, 1.807) is 36.0 Å². The van der Waals surface area contributed by atoms with Gasteiger partial charge in [0.2, 0.25) is 5.91 Å². The van der Waals surface area contributed by atoms with Crippen molar-refractivity contribution in [2.24, 2.45) is 11.3 Å². The van der Waals surface area contributed by atoms with Crippen molar-refractivity contribution in [2.75, 3.05) is 6.54 Å². The predicted octanol–water partition coefficient (Wildman–Crippen LogP) is 3.46. The van der Waals surface area contributed by atoms with E-state index in [4.69, 9.17) is 0 Å². The van der Waals surface area contributed by atoms with E-state index in [0.29, 0.717) is 35.8 Å². The molecule has 34 heavy (non-hydrogen) atoms. The molecule has 4 amide bonds. The first-order valence-electron chi connectivity index (χ1n) is 11.7. The third-order valence-electron chi connectivity index (χ3n) is 7.20. The molecule has 8 nitrogen and oxygen atoms in total. The molecule has 9 heteroatoms. The highest BCUT2D eigenvalue weighted by atomic mass is 19.1. The molecule has 1 aromatic heterocycles. The Bertz CT molecular complexity index is 1110. The zero-order chi connectivity index (χ0) is 24.7. The number of carbonyl (C=O) groups is 3. The molecule has 2 fully saturated rings. The highest BCUT2D eigenvalue weighted by molar-refractivity contribution is 6.09. The summed E-state index contributed by atoms with van der Waals surface area (Å²) in [5.74, 6) is -0.0810. The highest BCUT2D eigenvalue weighted by Gasteiger charge is 2.53. The Balaban J connectivity index is 1.34. The molecular formula is C25H32FN5O3. The minimum absolute atomic E-state index is 0.0843. The minimum atomic E-state index is -0.899. The van der Waals surface area contributed by atoms with E-state index >= 15 is 0 Å². The number of urea groups is 1. The summed E-state index contributed by atoms with van der Waals surface area (Å²) in [6.07, 6.45) is 6.15. The first-order valence-corrected chi connectivity index (χ1v) is 11.7. The molecule has 0 bridgehead atoms. The number of imide groups is 1. The Labute approximate surface area is 198 Å². The topological polar surface area (TPSA) is 96.3 Å². The van der Waals surface area contributed by atoms with Crippen molar-refractivity contribution in [2.45, 2.75) is 65.5 Å². The van der Waals surface area contributed by atoms with Crippen LogP contribution < -0.4 is 10.6 Å². The van der Waals surface area contributed by atoms with E-state index in [1.807, 2.05) is 0 Å². The third kappa shape index (κ3) is 4.56. The van der Waals surface area contributed by atoms with Crippen molar-refractivity contribution in [1.82, 2.24) is 25.1 Å². The minimum Gasteiger partial charge on any atom is -0.350 e. The predicted molar refractivity (Wildman–Crippen MR) is 124 cm³/mol. The number of hydrogen-bond acceptors (Lipinski definition) is 4. The van der Waals surface area contributed by atoms with Crippen molar-refractivity contribution >= 4 is 17.8 Å². The molecule has 2 heterocycles. The average Bonchev–Trinajstić information content (AvgIpc) is 3.29. The van der Waals surface area contributed by atoms with Crippen LogP contribution in [0.2, 0.25) is 0 Å². The Morgan fingerprint density at radius 2 is 1.97 bits per heavy atom. The fourth-order valence-electron chi connectivity index (χ4n) is 5.02. The monoisotopic (exact) mass is 469 g/mol. The molecular weight excluding hydrogens is 437 g/mol. The number of imidazole rings is 1. The van der Waals surface area contributed by atoms with E-state index in [0.717, 1.165) is 17.7 Å². The molecule has 4 rings (SSSR count). The Morgan fingerprint density at radius 1 is 1.26 bits per heavy atom. The zero-order valence-corrected chi connectivity index (χ0v) is 20.2. The lowest BCUT2D eigenvalue weighted by molar-refractivity contribution is -0.136. The molecule has 2 aliphatic rings. The standard InChI is InChI=1S/C25H32FN5O3/c1-16-27-11-12-30(16)20-6-5-17(13-19(20)26)14-28-21(32)15-31-22(33)25(29-23(31)34)9-7-18(8-10-25)24(2,3)4/h5-6,11-13,18H,7-10,14-15H2,1-4H3,(H,28,32)(H,29,34). The van der Waals surface area contributed by atoms with Crippen LogP contribution in [-0.4, -0.2) is 44.4 Å². The van der Waals surface area contributed by atoms with E-state index in [2.05, 4.69) is 36.4 Å². The number of nitrogens with one attached hydrogen (secondary N) is 2. The van der Waals surface area contributed by atoms with Gasteiger partial charge in [0.25, 0.3) is 5.91 Å². The maximum atomic E-state index is 14.6. The molecule has 2 aromatic rings. The Morgan fingerprint density at radius 3 is 2.56 bits per heavy atom. The van der Waals surface area contributed by atoms with Gasteiger partial charge in [-0.15, -0.1) is 0 Å². The Kier molecular flexibility index (Phi) is 6.22. The number of benzene rings is 1. The molecule has 1 saturated carbocycles. The lowest BCUT2D eigenvalue weighted by atomic mass is 9.67. The van der Waals surface area contributed by atoms with Crippen LogP contribution in [0.5, 0.6) is 0 Å². The maximum absolute atomic E-state index is 14.6. The van der Waals surface area contributed by atoms with Crippen LogP contribution in [0.1, 0.15) is 57.8 Å². The molecule has 0 unspecified atom stereocenters. The smallest absolute Gasteiger partial charge is 0.325 e. The van der Waals surface area contributed by atoms with Crippen molar-refractivity contribution in [3.05, 3.63) is 47.8 Å². The number of amides is 4. The molecule has 1 spiro atoms.